The Morgan fingerprint density at radius 1 is 1.43 bits per heavy atom. The number of imidazole rings is 2. The van der Waals surface area contributed by atoms with E-state index in [1.165, 1.54) is 6.20 Å². The van der Waals surface area contributed by atoms with Gasteiger partial charge in [0.15, 0.2) is 0 Å². The van der Waals surface area contributed by atoms with Crippen molar-refractivity contribution in [2.75, 3.05) is 6.61 Å². The minimum atomic E-state index is -0.551. The predicted molar refractivity (Wildman–Crippen MR) is 96.3 cm³/mol. The maximum absolute atomic E-state index is 10.8. The Balaban J connectivity index is 1.42. The molecule has 28 heavy (non-hydrogen) atoms. The number of benzene rings is 1. The fourth-order valence-electron chi connectivity index (χ4n) is 3.00. The lowest BCUT2D eigenvalue weighted by molar-refractivity contribution is -0.389. The molecule has 10 nitrogen and oxygen atoms in total. The number of nitrogens with zero attached hydrogens (tertiary/aromatic N) is 6. The van der Waals surface area contributed by atoms with Crippen molar-refractivity contribution in [1.29, 1.82) is 5.26 Å². The largest absolute Gasteiger partial charge is 0.443 e. The van der Waals surface area contributed by atoms with Gasteiger partial charge in [-0.2, -0.15) is 5.26 Å². The average molecular weight is 380 g/mol. The second-order valence-electron chi connectivity index (χ2n) is 6.36. The van der Waals surface area contributed by atoms with Crippen molar-refractivity contribution in [3.05, 3.63) is 58.0 Å². The second kappa shape index (κ2) is 7.13. The maximum atomic E-state index is 10.8. The topological polar surface area (TPSA) is 121 Å². The first kappa shape index (κ1) is 17.7. The highest BCUT2D eigenvalue weighted by atomic mass is 16.6. The molecule has 3 aromatic rings. The molecule has 0 amide bonds. The molecule has 0 aliphatic carbocycles. The summed E-state index contributed by atoms with van der Waals surface area (Å²) in [4.78, 5) is 18.5. The van der Waals surface area contributed by atoms with Gasteiger partial charge in [-0.25, -0.2) is 4.98 Å². The third-order valence-corrected chi connectivity index (χ3v) is 4.54. The first-order valence-corrected chi connectivity index (χ1v) is 8.52. The highest BCUT2D eigenvalue weighted by molar-refractivity contribution is 5.57. The monoisotopic (exact) mass is 380 g/mol. The van der Waals surface area contributed by atoms with Gasteiger partial charge >= 0.3 is 11.8 Å². The zero-order chi connectivity index (χ0) is 19.7. The molecule has 1 aliphatic heterocycles. The van der Waals surface area contributed by atoms with Gasteiger partial charge in [0, 0.05) is 17.6 Å². The molecule has 0 radical (unpaired) electrons. The molecule has 0 N–H and O–H groups in total. The van der Waals surface area contributed by atoms with Gasteiger partial charge in [-0.1, -0.05) is 0 Å². The van der Waals surface area contributed by atoms with E-state index in [4.69, 9.17) is 14.7 Å². The third-order valence-electron chi connectivity index (χ3n) is 4.54. The summed E-state index contributed by atoms with van der Waals surface area (Å²) in [5.41, 5.74) is 2.38. The van der Waals surface area contributed by atoms with Crippen molar-refractivity contribution in [2.24, 2.45) is 7.05 Å². The number of aromatic nitrogens is 4. The molecule has 1 aromatic carbocycles. The van der Waals surface area contributed by atoms with Crippen molar-refractivity contribution in [2.45, 2.75) is 19.3 Å². The molecule has 0 saturated carbocycles. The molecule has 1 atom stereocenters. The molecule has 3 heterocycles. The van der Waals surface area contributed by atoms with E-state index in [1.54, 1.807) is 22.9 Å². The first-order chi connectivity index (χ1) is 13.5. The van der Waals surface area contributed by atoms with Gasteiger partial charge in [-0.3, -0.25) is 4.57 Å². The number of hydrogen-bond acceptors (Lipinski definition) is 7. The molecule has 0 saturated heterocycles. The summed E-state index contributed by atoms with van der Waals surface area (Å²) < 4.78 is 14.9. The lowest BCUT2D eigenvalue weighted by atomic mass is 10.1. The van der Waals surface area contributed by atoms with Crippen LogP contribution in [-0.2, 0) is 24.9 Å². The van der Waals surface area contributed by atoms with Crippen LogP contribution in [0.4, 0.5) is 5.82 Å². The molecule has 142 valence electrons. The van der Waals surface area contributed by atoms with E-state index in [9.17, 15) is 10.1 Å². The lowest BCUT2D eigenvalue weighted by Crippen LogP contribution is -2.32. The molecule has 0 spiro atoms. The summed E-state index contributed by atoms with van der Waals surface area (Å²) in [6.45, 7) is 1.02. The van der Waals surface area contributed by atoms with Gasteiger partial charge in [0.1, 0.15) is 24.7 Å². The number of ether oxygens (including phenoxy) is 2. The summed E-state index contributed by atoms with van der Waals surface area (Å²) in [7, 11) is 1.90. The summed E-state index contributed by atoms with van der Waals surface area (Å²) in [5.74, 6) is 0.532. The van der Waals surface area contributed by atoms with E-state index in [1.807, 2.05) is 23.7 Å². The SMILES string of the molecule is Cn1c(CO[C@@H]2COc3nc([N+](=O)[O-])cn3C2)cnc1-c1ccc(C#N)cc1. The van der Waals surface area contributed by atoms with Gasteiger partial charge in [-0.15, -0.1) is 0 Å². The number of hydrogen-bond donors (Lipinski definition) is 0. The summed E-state index contributed by atoms with van der Waals surface area (Å²) in [6, 6.07) is 9.54. The van der Waals surface area contributed by atoms with Gasteiger partial charge in [0.25, 0.3) is 0 Å². The number of nitriles is 1. The van der Waals surface area contributed by atoms with E-state index < -0.39 is 4.92 Å². The van der Waals surface area contributed by atoms with Crippen molar-refractivity contribution < 1.29 is 14.4 Å². The minimum absolute atomic E-state index is 0.232. The minimum Gasteiger partial charge on any atom is -0.443 e. The van der Waals surface area contributed by atoms with Crippen LogP contribution in [0.15, 0.2) is 36.7 Å². The number of rotatable bonds is 5. The zero-order valence-electron chi connectivity index (χ0n) is 15.0. The fourth-order valence-corrected chi connectivity index (χ4v) is 3.00. The Kier molecular flexibility index (Phi) is 4.50. The first-order valence-electron chi connectivity index (χ1n) is 8.52. The van der Waals surface area contributed by atoms with Crippen molar-refractivity contribution >= 4 is 5.82 Å². The summed E-state index contributed by atoms with van der Waals surface area (Å²) in [5, 5.41) is 19.7. The van der Waals surface area contributed by atoms with Crippen molar-refractivity contribution in [3.63, 3.8) is 0 Å². The number of fused-ring (bicyclic) bond motifs is 1. The lowest BCUT2D eigenvalue weighted by Gasteiger charge is -2.22. The van der Waals surface area contributed by atoms with Gasteiger partial charge in [0.05, 0.1) is 36.7 Å². The fraction of sp³-hybridized carbons (Fsp3) is 0.278. The standard InChI is InChI=1S/C18H16N6O4/c1-22-14(7-20-17(22)13-4-2-12(6-19)3-5-13)10-27-15-8-23-9-16(24(25)26)21-18(23)28-11-15/h2-5,7,9,15H,8,10-11H2,1H3/t15-/m0/s1. The Morgan fingerprint density at radius 2 is 2.21 bits per heavy atom. The van der Waals surface area contributed by atoms with Crippen LogP contribution in [0.25, 0.3) is 11.4 Å². The second-order valence-corrected chi connectivity index (χ2v) is 6.36. The highest BCUT2D eigenvalue weighted by Crippen LogP contribution is 2.24. The smallest absolute Gasteiger partial charge is 0.414 e. The van der Waals surface area contributed by atoms with E-state index in [2.05, 4.69) is 16.0 Å². The molecule has 0 unspecified atom stereocenters. The van der Waals surface area contributed by atoms with Gasteiger partial charge in [-0.05, 0) is 29.2 Å². The van der Waals surface area contributed by atoms with Crippen molar-refractivity contribution in [3.8, 4) is 23.5 Å². The quantitative estimate of drug-likeness (QED) is 0.490. The molecule has 2 aromatic heterocycles. The average Bonchev–Trinajstić information content (AvgIpc) is 3.29. The Bertz CT molecular complexity index is 1060. The number of nitro groups is 1. The van der Waals surface area contributed by atoms with Crippen LogP contribution in [-0.4, -0.2) is 36.7 Å². The highest BCUT2D eigenvalue weighted by Gasteiger charge is 2.28. The van der Waals surface area contributed by atoms with Gasteiger partial charge < -0.3 is 24.2 Å². The normalized spacial score (nSPS) is 15.5. The van der Waals surface area contributed by atoms with Crippen molar-refractivity contribution in [1.82, 2.24) is 19.1 Å². The summed E-state index contributed by atoms with van der Waals surface area (Å²) in [6.07, 6.45) is 2.83. The molecular formula is C18H16N6O4. The molecule has 10 heteroatoms. The molecule has 0 fully saturated rings. The Hall–Kier alpha value is -3.71. The maximum Gasteiger partial charge on any atom is 0.414 e. The molecule has 0 bridgehead atoms. The van der Waals surface area contributed by atoms with Crippen LogP contribution in [0.2, 0.25) is 0 Å². The zero-order valence-corrected chi connectivity index (χ0v) is 15.0. The molecule has 1 aliphatic rings. The van der Waals surface area contributed by atoms with E-state index in [0.717, 1.165) is 17.1 Å². The van der Waals surface area contributed by atoms with Crippen LogP contribution in [0.3, 0.4) is 0 Å². The Morgan fingerprint density at radius 3 is 2.93 bits per heavy atom. The van der Waals surface area contributed by atoms with Crippen LogP contribution >= 0.6 is 0 Å². The van der Waals surface area contributed by atoms with Crippen LogP contribution in [0.1, 0.15) is 11.3 Å². The summed E-state index contributed by atoms with van der Waals surface area (Å²) >= 11 is 0. The Labute approximate surface area is 159 Å². The predicted octanol–water partition coefficient (Wildman–Crippen LogP) is 2.04. The van der Waals surface area contributed by atoms with E-state index >= 15 is 0 Å². The third kappa shape index (κ3) is 3.30. The van der Waals surface area contributed by atoms with Gasteiger partial charge in [0.2, 0.25) is 0 Å². The molecular weight excluding hydrogens is 364 g/mol. The van der Waals surface area contributed by atoms with Crippen LogP contribution in [0, 0.1) is 21.4 Å². The van der Waals surface area contributed by atoms with Crippen LogP contribution < -0.4 is 4.74 Å². The van der Waals surface area contributed by atoms with E-state index in [-0.39, 0.29) is 24.5 Å². The van der Waals surface area contributed by atoms with Crippen LogP contribution in [0.5, 0.6) is 6.01 Å². The molecule has 4 rings (SSSR count). The van der Waals surface area contributed by atoms with E-state index in [0.29, 0.717) is 18.7 Å².